The molecule has 1 aromatic rings. The van der Waals surface area contributed by atoms with Gasteiger partial charge in [0.25, 0.3) is 0 Å². The number of rotatable bonds is 5. The zero-order valence-corrected chi connectivity index (χ0v) is 12.7. The maximum atomic E-state index is 10.4. The van der Waals surface area contributed by atoms with E-state index in [0.29, 0.717) is 12.0 Å². The smallest absolute Gasteiger partial charge is 0.0650 e. The van der Waals surface area contributed by atoms with Crippen molar-refractivity contribution >= 4 is 0 Å². The molecule has 3 heteroatoms. The average Bonchev–Trinajstić information content (AvgIpc) is 3.19. The summed E-state index contributed by atoms with van der Waals surface area (Å²) in [5, 5.41) is 15.1. The predicted octanol–water partition coefficient (Wildman–Crippen LogP) is 3.73. The van der Waals surface area contributed by atoms with Gasteiger partial charge in [0, 0.05) is 12.6 Å². The Kier molecular flexibility index (Phi) is 4.45. The summed E-state index contributed by atoms with van der Waals surface area (Å²) in [7, 11) is 0. The molecular formula is C17H28N2O. The summed E-state index contributed by atoms with van der Waals surface area (Å²) in [5.41, 5.74) is 1.07. The lowest BCUT2D eigenvalue weighted by Gasteiger charge is -2.17. The highest BCUT2D eigenvalue weighted by Crippen LogP contribution is 2.35. The number of nitrogens with zero attached hydrogens (tertiary/aromatic N) is 2. The minimum atomic E-state index is -0.196. The molecule has 3 nitrogen and oxygen atoms in total. The molecule has 0 spiro atoms. The Bertz CT molecular complexity index is 422. The second-order valence-corrected chi connectivity index (χ2v) is 6.84. The average molecular weight is 276 g/mol. The first-order valence-corrected chi connectivity index (χ1v) is 8.48. The lowest BCUT2D eigenvalue weighted by Crippen LogP contribution is -2.21. The van der Waals surface area contributed by atoms with Crippen LogP contribution < -0.4 is 0 Å². The van der Waals surface area contributed by atoms with Crippen molar-refractivity contribution in [3.05, 3.63) is 18.0 Å². The summed E-state index contributed by atoms with van der Waals surface area (Å²) in [5.74, 6) is 1.34. The summed E-state index contributed by atoms with van der Waals surface area (Å²) in [4.78, 5) is 0. The maximum absolute atomic E-state index is 10.4. The van der Waals surface area contributed by atoms with Gasteiger partial charge in [-0.05, 0) is 43.6 Å². The van der Waals surface area contributed by atoms with Crippen molar-refractivity contribution in [2.45, 2.75) is 76.9 Å². The van der Waals surface area contributed by atoms with Gasteiger partial charge in [-0.3, -0.25) is 4.68 Å². The fourth-order valence-corrected chi connectivity index (χ4v) is 4.07. The molecule has 1 N–H and O–H groups in total. The largest absolute Gasteiger partial charge is 0.392 e. The zero-order valence-electron chi connectivity index (χ0n) is 12.7. The summed E-state index contributed by atoms with van der Waals surface area (Å²) < 4.78 is 2.14. The van der Waals surface area contributed by atoms with E-state index in [2.05, 4.69) is 23.9 Å². The van der Waals surface area contributed by atoms with Gasteiger partial charge in [-0.15, -0.1) is 0 Å². The van der Waals surface area contributed by atoms with Crippen molar-refractivity contribution < 1.29 is 5.11 Å². The van der Waals surface area contributed by atoms with Crippen LogP contribution in [0.3, 0.4) is 0 Å². The molecule has 0 radical (unpaired) electrons. The summed E-state index contributed by atoms with van der Waals surface area (Å²) in [6.07, 6.45) is 12.8. The molecule has 2 aliphatic carbocycles. The number of aromatic nitrogens is 2. The van der Waals surface area contributed by atoms with Gasteiger partial charge in [0.15, 0.2) is 0 Å². The van der Waals surface area contributed by atoms with E-state index in [-0.39, 0.29) is 6.10 Å². The standard InChI is InChI=1S/C17H28N2O/c1-2-13-7-8-14(11-13)17(20)12-15-9-10-19(18-15)16-5-3-4-6-16/h9-10,13-14,16-17,20H,2-8,11-12H2,1H3. The van der Waals surface area contributed by atoms with Crippen LogP contribution in [0.2, 0.25) is 0 Å². The van der Waals surface area contributed by atoms with Crippen LogP contribution in [0.4, 0.5) is 0 Å². The molecule has 2 aliphatic rings. The fraction of sp³-hybridized carbons (Fsp3) is 0.824. The minimum Gasteiger partial charge on any atom is -0.392 e. The van der Waals surface area contributed by atoms with Crippen LogP contribution in [0.5, 0.6) is 0 Å². The molecule has 3 atom stereocenters. The molecule has 20 heavy (non-hydrogen) atoms. The Morgan fingerprint density at radius 2 is 2.10 bits per heavy atom. The normalized spacial score (nSPS) is 29.1. The molecule has 0 aliphatic heterocycles. The molecule has 0 bridgehead atoms. The molecule has 2 saturated carbocycles. The van der Waals surface area contributed by atoms with Crippen LogP contribution in [0.15, 0.2) is 12.3 Å². The Morgan fingerprint density at radius 1 is 1.30 bits per heavy atom. The van der Waals surface area contributed by atoms with Gasteiger partial charge in [-0.25, -0.2) is 0 Å². The van der Waals surface area contributed by atoms with Gasteiger partial charge < -0.3 is 5.11 Å². The summed E-state index contributed by atoms with van der Waals surface area (Å²) in [6, 6.07) is 2.71. The Balaban J connectivity index is 1.55. The van der Waals surface area contributed by atoms with Crippen LogP contribution >= 0.6 is 0 Å². The first kappa shape index (κ1) is 14.1. The zero-order chi connectivity index (χ0) is 13.9. The lowest BCUT2D eigenvalue weighted by molar-refractivity contribution is 0.107. The summed E-state index contributed by atoms with van der Waals surface area (Å²) in [6.45, 7) is 2.27. The van der Waals surface area contributed by atoms with Gasteiger partial charge in [-0.1, -0.05) is 32.6 Å². The van der Waals surface area contributed by atoms with Crippen molar-refractivity contribution in [2.24, 2.45) is 11.8 Å². The lowest BCUT2D eigenvalue weighted by atomic mass is 9.95. The molecule has 3 unspecified atom stereocenters. The van der Waals surface area contributed by atoms with E-state index >= 15 is 0 Å². The third-order valence-corrected chi connectivity index (χ3v) is 5.48. The minimum absolute atomic E-state index is 0.196. The molecule has 0 aromatic carbocycles. The molecule has 0 amide bonds. The van der Waals surface area contributed by atoms with Gasteiger partial charge in [-0.2, -0.15) is 5.10 Å². The fourth-order valence-electron chi connectivity index (χ4n) is 4.07. The number of aliphatic hydroxyl groups is 1. The van der Waals surface area contributed by atoms with Crippen LogP contribution in [-0.2, 0) is 6.42 Å². The van der Waals surface area contributed by atoms with Crippen LogP contribution in [0, 0.1) is 11.8 Å². The van der Waals surface area contributed by atoms with Gasteiger partial charge in [0.2, 0.25) is 0 Å². The van der Waals surface area contributed by atoms with Crippen LogP contribution in [0.25, 0.3) is 0 Å². The van der Waals surface area contributed by atoms with E-state index in [1.54, 1.807) is 0 Å². The molecule has 3 rings (SSSR count). The molecule has 1 heterocycles. The van der Waals surface area contributed by atoms with E-state index < -0.39 is 0 Å². The van der Waals surface area contributed by atoms with Crippen LogP contribution in [-0.4, -0.2) is 21.0 Å². The second kappa shape index (κ2) is 6.30. The van der Waals surface area contributed by atoms with Crippen molar-refractivity contribution in [3.8, 4) is 0 Å². The SMILES string of the molecule is CCC1CCC(C(O)Cc2ccn(C3CCCC3)n2)C1. The molecule has 2 fully saturated rings. The second-order valence-electron chi connectivity index (χ2n) is 6.84. The van der Waals surface area contributed by atoms with E-state index in [0.717, 1.165) is 18.0 Å². The van der Waals surface area contributed by atoms with E-state index in [4.69, 9.17) is 5.10 Å². The monoisotopic (exact) mass is 276 g/mol. The Labute approximate surface area is 122 Å². The van der Waals surface area contributed by atoms with Crippen molar-refractivity contribution in [1.82, 2.24) is 9.78 Å². The van der Waals surface area contributed by atoms with Crippen molar-refractivity contribution in [3.63, 3.8) is 0 Å². The first-order valence-electron chi connectivity index (χ1n) is 8.48. The van der Waals surface area contributed by atoms with E-state index in [9.17, 15) is 5.11 Å². The van der Waals surface area contributed by atoms with E-state index in [1.165, 1.54) is 51.4 Å². The number of hydrogen-bond donors (Lipinski definition) is 1. The quantitative estimate of drug-likeness (QED) is 0.890. The molecular weight excluding hydrogens is 248 g/mol. The van der Waals surface area contributed by atoms with E-state index in [1.807, 2.05) is 0 Å². The van der Waals surface area contributed by atoms with Gasteiger partial charge in [0.05, 0.1) is 17.8 Å². The van der Waals surface area contributed by atoms with Gasteiger partial charge >= 0.3 is 0 Å². The highest BCUT2D eigenvalue weighted by atomic mass is 16.3. The first-order chi connectivity index (χ1) is 9.76. The van der Waals surface area contributed by atoms with Gasteiger partial charge in [0.1, 0.15) is 0 Å². The third kappa shape index (κ3) is 3.08. The van der Waals surface area contributed by atoms with Crippen molar-refractivity contribution in [2.75, 3.05) is 0 Å². The Morgan fingerprint density at radius 3 is 2.80 bits per heavy atom. The van der Waals surface area contributed by atoms with Crippen molar-refractivity contribution in [1.29, 1.82) is 0 Å². The third-order valence-electron chi connectivity index (χ3n) is 5.48. The molecule has 0 saturated heterocycles. The number of hydrogen-bond acceptors (Lipinski definition) is 2. The highest BCUT2D eigenvalue weighted by molar-refractivity contribution is 5.03. The topological polar surface area (TPSA) is 38.0 Å². The van der Waals surface area contributed by atoms with Crippen LogP contribution in [0.1, 0.15) is 70.0 Å². The molecule has 112 valence electrons. The maximum Gasteiger partial charge on any atom is 0.0650 e. The molecule has 1 aromatic heterocycles. The predicted molar refractivity (Wildman–Crippen MR) is 80.6 cm³/mol. The summed E-state index contributed by atoms with van der Waals surface area (Å²) >= 11 is 0. The number of aliphatic hydroxyl groups excluding tert-OH is 1. The Hall–Kier alpha value is -0.830. The highest BCUT2D eigenvalue weighted by Gasteiger charge is 2.29.